The highest BCUT2D eigenvalue weighted by Gasteiger charge is 2.40. The lowest BCUT2D eigenvalue weighted by Crippen LogP contribution is -2.42. The van der Waals surface area contributed by atoms with E-state index < -0.39 is 66.3 Å². The van der Waals surface area contributed by atoms with Crippen molar-refractivity contribution >= 4 is 52.7 Å². The predicted octanol–water partition coefficient (Wildman–Crippen LogP) is 8.11. The van der Waals surface area contributed by atoms with Crippen LogP contribution < -0.4 is 5.32 Å². The number of nitrogens with one attached hydrogen (secondary N) is 1. The number of allylic oxidation sites excluding steroid dienone is 1. The van der Waals surface area contributed by atoms with E-state index in [1.165, 1.54) is 0 Å². The summed E-state index contributed by atoms with van der Waals surface area (Å²) in [5.74, 6) is -3.49. The maximum Gasteiger partial charge on any atom is 0.417 e. The number of benzene rings is 2. The molecule has 0 radical (unpaired) electrons. The standard InChI is InChI=1S/C23H17Cl3F8N2O2/c1-36(21(38)35-9-19(27)28)10-18(37)13-4-2-11(6-15(13)23(32,33)34)3-5-14(22(29,30)31)12-7-16(24)20(26)17(25)8-12/h2-8,14,19H,9-10H2,1H3,(H,35,38)/b5-3+. The Labute approximate surface area is 226 Å². The summed E-state index contributed by atoms with van der Waals surface area (Å²) in [6, 6.07) is 2.92. The first-order chi connectivity index (χ1) is 17.4. The molecule has 15 heteroatoms. The van der Waals surface area contributed by atoms with Crippen LogP contribution in [0.25, 0.3) is 6.08 Å². The van der Waals surface area contributed by atoms with Crippen molar-refractivity contribution in [2.75, 3.05) is 20.1 Å². The number of carbonyl (C=O) groups is 2. The van der Waals surface area contributed by atoms with Crippen LogP contribution >= 0.6 is 34.8 Å². The van der Waals surface area contributed by atoms with Gasteiger partial charge in [-0.15, -0.1) is 0 Å². The van der Waals surface area contributed by atoms with Gasteiger partial charge >= 0.3 is 18.4 Å². The Bertz CT molecular complexity index is 1190. The van der Waals surface area contributed by atoms with E-state index in [1.807, 2.05) is 0 Å². The van der Waals surface area contributed by atoms with Gasteiger partial charge in [-0.1, -0.05) is 59.1 Å². The van der Waals surface area contributed by atoms with Crippen LogP contribution in [0.15, 0.2) is 36.4 Å². The van der Waals surface area contributed by atoms with E-state index in [0.717, 1.165) is 37.4 Å². The minimum absolute atomic E-state index is 0.172. The smallest absolute Gasteiger partial charge is 0.332 e. The molecule has 2 amide bonds. The molecule has 0 aromatic heterocycles. The van der Waals surface area contributed by atoms with Crippen molar-refractivity contribution in [1.29, 1.82) is 0 Å². The lowest BCUT2D eigenvalue weighted by Gasteiger charge is -2.19. The van der Waals surface area contributed by atoms with E-state index in [-0.39, 0.29) is 20.6 Å². The van der Waals surface area contributed by atoms with E-state index in [1.54, 1.807) is 5.32 Å². The fourth-order valence-corrected chi connectivity index (χ4v) is 3.80. The first-order valence-electron chi connectivity index (χ1n) is 10.3. The number of rotatable bonds is 8. The van der Waals surface area contributed by atoms with Gasteiger partial charge in [-0.3, -0.25) is 4.79 Å². The second-order valence-electron chi connectivity index (χ2n) is 7.84. The Balaban J connectivity index is 2.39. The van der Waals surface area contributed by atoms with E-state index in [9.17, 15) is 44.7 Å². The molecule has 2 aromatic rings. The number of hydrogen-bond donors (Lipinski definition) is 1. The zero-order valence-corrected chi connectivity index (χ0v) is 21.3. The number of nitrogens with zero attached hydrogens (tertiary/aromatic N) is 1. The van der Waals surface area contributed by atoms with Crippen LogP contribution in [0.3, 0.4) is 0 Å². The van der Waals surface area contributed by atoms with E-state index in [2.05, 4.69) is 0 Å². The number of Topliss-reactive ketones (excluding diaryl/α,β-unsaturated/α-hetero) is 1. The number of alkyl halides is 8. The van der Waals surface area contributed by atoms with E-state index in [4.69, 9.17) is 34.8 Å². The molecular formula is C23H17Cl3F8N2O2. The molecule has 4 nitrogen and oxygen atoms in total. The maximum atomic E-state index is 13.7. The average Bonchev–Trinajstić information content (AvgIpc) is 2.79. The summed E-state index contributed by atoms with van der Waals surface area (Å²) in [4.78, 5) is 24.8. The van der Waals surface area contributed by atoms with Crippen molar-refractivity contribution in [3.05, 3.63) is 73.7 Å². The third-order valence-corrected chi connectivity index (χ3v) is 6.18. The topological polar surface area (TPSA) is 49.4 Å². The van der Waals surface area contributed by atoms with Crippen molar-refractivity contribution in [3.63, 3.8) is 0 Å². The van der Waals surface area contributed by atoms with Crippen molar-refractivity contribution in [3.8, 4) is 0 Å². The molecule has 0 aliphatic rings. The van der Waals surface area contributed by atoms with Gasteiger partial charge in [0, 0.05) is 12.6 Å². The number of hydrogen-bond acceptors (Lipinski definition) is 2. The number of halogens is 11. The monoisotopic (exact) mass is 610 g/mol. The molecule has 0 spiro atoms. The third kappa shape index (κ3) is 8.47. The molecule has 1 N–H and O–H groups in total. The zero-order valence-electron chi connectivity index (χ0n) is 19.0. The van der Waals surface area contributed by atoms with Crippen LogP contribution in [0.5, 0.6) is 0 Å². The zero-order chi connectivity index (χ0) is 29.0. The summed E-state index contributed by atoms with van der Waals surface area (Å²) in [5, 5.41) is 1.11. The highest BCUT2D eigenvalue weighted by molar-refractivity contribution is 6.48. The fraction of sp³-hybridized carbons (Fsp3) is 0.304. The van der Waals surface area contributed by atoms with Gasteiger partial charge in [-0.05, 0) is 29.3 Å². The first kappa shape index (κ1) is 31.6. The summed E-state index contributed by atoms with van der Waals surface area (Å²) in [7, 11) is 1.01. The maximum absolute atomic E-state index is 13.7. The molecule has 0 saturated carbocycles. The molecule has 0 saturated heterocycles. The molecule has 1 atom stereocenters. The summed E-state index contributed by atoms with van der Waals surface area (Å²) >= 11 is 17.4. The van der Waals surface area contributed by atoms with Gasteiger partial charge in [-0.25, -0.2) is 13.6 Å². The van der Waals surface area contributed by atoms with Crippen LogP contribution in [-0.2, 0) is 6.18 Å². The Morgan fingerprint density at radius 1 is 1.00 bits per heavy atom. The molecule has 208 valence electrons. The highest BCUT2D eigenvalue weighted by atomic mass is 35.5. The fourth-order valence-electron chi connectivity index (χ4n) is 3.19. The lowest BCUT2D eigenvalue weighted by molar-refractivity contribution is -0.139. The van der Waals surface area contributed by atoms with Crippen molar-refractivity contribution in [2.45, 2.75) is 24.7 Å². The predicted molar refractivity (Wildman–Crippen MR) is 127 cm³/mol. The van der Waals surface area contributed by atoms with Crippen LogP contribution in [0.4, 0.5) is 39.9 Å². The first-order valence-corrected chi connectivity index (χ1v) is 11.5. The van der Waals surface area contributed by atoms with Crippen LogP contribution in [0, 0.1) is 0 Å². The Hall–Kier alpha value is -2.57. The van der Waals surface area contributed by atoms with Crippen molar-refractivity contribution in [2.24, 2.45) is 0 Å². The largest absolute Gasteiger partial charge is 0.417 e. The molecule has 0 bridgehead atoms. The minimum Gasteiger partial charge on any atom is -0.332 e. The molecule has 1 unspecified atom stereocenters. The van der Waals surface area contributed by atoms with Gasteiger partial charge in [0.05, 0.1) is 39.6 Å². The van der Waals surface area contributed by atoms with Gasteiger partial charge in [-0.2, -0.15) is 26.3 Å². The summed E-state index contributed by atoms with van der Waals surface area (Å²) in [5.41, 5.74) is -3.07. The van der Waals surface area contributed by atoms with Gasteiger partial charge < -0.3 is 10.2 Å². The molecular weight excluding hydrogens is 595 g/mol. The van der Waals surface area contributed by atoms with Crippen molar-refractivity contribution < 1.29 is 44.7 Å². The average molecular weight is 612 g/mol. The number of urea groups is 1. The van der Waals surface area contributed by atoms with Gasteiger partial charge in [0.25, 0.3) is 6.43 Å². The normalized spacial score (nSPS) is 13.2. The molecule has 2 aromatic carbocycles. The summed E-state index contributed by atoms with van der Waals surface area (Å²) < 4.78 is 107. The lowest BCUT2D eigenvalue weighted by atomic mass is 9.95. The van der Waals surface area contributed by atoms with E-state index >= 15 is 0 Å². The second kappa shape index (κ2) is 12.5. The number of ketones is 1. The number of carbonyl (C=O) groups excluding carboxylic acids is 2. The van der Waals surface area contributed by atoms with Crippen LogP contribution in [-0.4, -0.2) is 49.5 Å². The molecule has 0 fully saturated rings. The Morgan fingerprint density at radius 3 is 2.08 bits per heavy atom. The minimum atomic E-state index is -5.09. The van der Waals surface area contributed by atoms with Crippen LogP contribution in [0.2, 0.25) is 15.1 Å². The van der Waals surface area contributed by atoms with E-state index in [0.29, 0.717) is 17.0 Å². The number of likely N-dealkylation sites (N-methyl/N-ethyl adjacent to an activating group) is 1. The number of amides is 2. The summed E-state index contributed by atoms with van der Waals surface area (Å²) in [6.07, 6.45) is -11.5. The second-order valence-corrected chi connectivity index (χ2v) is 9.03. The SMILES string of the molecule is CN(CC(=O)c1ccc(/C=C/C(c2cc(Cl)c(Cl)c(Cl)c2)C(F)(F)F)cc1C(F)(F)F)C(=O)NCC(F)F. The van der Waals surface area contributed by atoms with Gasteiger partial charge in [0.1, 0.15) is 0 Å². The highest BCUT2D eigenvalue weighted by Crippen LogP contribution is 2.41. The quantitative estimate of drug-likeness (QED) is 0.186. The molecule has 0 aliphatic heterocycles. The molecule has 2 rings (SSSR count). The Kier molecular flexibility index (Phi) is 10.4. The molecule has 38 heavy (non-hydrogen) atoms. The van der Waals surface area contributed by atoms with Crippen molar-refractivity contribution in [1.82, 2.24) is 10.2 Å². The molecule has 0 aliphatic carbocycles. The molecule has 0 heterocycles. The Morgan fingerprint density at radius 2 is 1.58 bits per heavy atom. The van der Waals surface area contributed by atoms with Gasteiger partial charge in [0.15, 0.2) is 5.78 Å². The van der Waals surface area contributed by atoms with Crippen LogP contribution in [0.1, 0.15) is 33.0 Å². The third-order valence-electron chi connectivity index (χ3n) is 4.98. The van der Waals surface area contributed by atoms with Gasteiger partial charge in [0.2, 0.25) is 0 Å². The summed E-state index contributed by atoms with van der Waals surface area (Å²) in [6.45, 7) is -1.92.